The number of sulfone groups is 1. The van der Waals surface area contributed by atoms with Gasteiger partial charge in [0.2, 0.25) is 10.4 Å². The number of anilines is 1. The molecule has 0 atom stereocenters. The van der Waals surface area contributed by atoms with Crippen LogP contribution in [0.1, 0.15) is 5.71 Å². The number of fused-ring (bicyclic) bond motifs is 2. The number of rotatable bonds is 12. The number of phenols is 1. The Morgan fingerprint density at radius 1 is 0.667 bits per heavy atom. The Hall–Kier alpha value is -4.91. The van der Waals surface area contributed by atoms with Gasteiger partial charge >= 0.3 is 22.8 Å². The van der Waals surface area contributed by atoms with E-state index in [2.05, 4.69) is 24.6 Å². The van der Waals surface area contributed by atoms with Crippen LogP contribution in [0.15, 0.2) is 101 Å². The third-order valence-electron chi connectivity index (χ3n) is 7.39. The fourth-order valence-corrected chi connectivity index (χ4v) is 8.26. The third-order valence-corrected chi connectivity index (χ3v) is 12.0. The molecule has 1 radical (unpaired) electrons. The molecule has 0 heterocycles. The van der Waals surface area contributed by atoms with Gasteiger partial charge in [0.05, 0.1) is 49.0 Å². The molecule has 0 aromatic heterocycles. The summed E-state index contributed by atoms with van der Waals surface area (Å²) in [6.45, 7) is -1.06. The molecule has 0 aliphatic rings. The van der Waals surface area contributed by atoms with Crippen LogP contribution in [0, 0.1) is 0 Å². The van der Waals surface area contributed by atoms with Gasteiger partial charge in [0.25, 0.3) is 0 Å². The number of nitrogens with zero attached hydrogens (tertiary/aromatic N) is 4. The minimum atomic E-state index is -5.54. The van der Waals surface area contributed by atoms with Crippen molar-refractivity contribution in [3.05, 3.63) is 60.7 Å². The molecule has 0 saturated heterocycles. The molecule has 5 aromatic rings. The molecule has 0 saturated carbocycles. The van der Waals surface area contributed by atoms with Crippen molar-refractivity contribution in [2.24, 2.45) is 20.5 Å². The summed E-state index contributed by atoms with van der Waals surface area (Å²) in [5, 5.41) is 49.5. The van der Waals surface area contributed by atoms with Gasteiger partial charge in [-0.05, 0) is 70.8 Å². The summed E-state index contributed by atoms with van der Waals surface area (Å²) >= 11 is 0. The van der Waals surface area contributed by atoms with E-state index in [0.29, 0.717) is 30.3 Å². The van der Waals surface area contributed by atoms with Crippen molar-refractivity contribution in [3.63, 3.8) is 0 Å². The zero-order valence-electron chi connectivity index (χ0n) is 31.3. The van der Waals surface area contributed by atoms with Gasteiger partial charge in [-0.25, -0.2) is 42.1 Å². The number of nitrogens with two attached hydrogens (primary N) is 1. The minimum absolute atomic E-state index is 0. The first-order valence-corrected chi connectivity index (χ1v) is 21.6. The Balaban J connectivity index is 0.00000720. The predicted octanol–water partition coefficient (Wildman–Crippen LogP) is 1.67. The van der Waals surface area contributed by atoms with E-state index >= 15 is 0 Å². The molecule has 307 valence electrons. The Bertz CT molecular complexity index is 3150. The topological polar surface area (TPSA) is 414 Å². The summed E-state index contributed by atoms with van der Waals surface area (Å²) in [4.78, 5) is -4.05. The van der Waals surface area contributed by atoms with Crippen molar-refractivity contribution < 1.29 is 103 Å². The van der Waals surface area contributed by atoms with Crippen molar-refractivity contribution >= 4 is 101 Å². The van der Waals surface area contributed by atoms with Crippen LogP contribution in [0.5, 0.6) is 17.2 Å². The standard InChI is InChI=1S/C28H23N5O18S5.Cu/c29-19-11-17(53(39,40)41)8-14-10-23(55(45,46)47)26(28(36)24(14)19)32-30-15-1-3-18-13(7-15)9-22(54(42,43)44)25(27(18)35)33-31-20-4-2-16(12-21(20)34)52(37,38)6-5-51-56(48,49)50;/h1-4,7-12,34-36H,5-6,29H2,(H,39,40,41)(H,42,43,44)(H,45,46,47)(H,48,49,50);/q;+2/p-2. The van der Waals surface area contributed by atoms with Gasteiger partial charge < -0.3 is 39.3 Å². The fourth-order valence-electron chi connectivity index (χ4n) is 4.94. The molecule has 5 aromatic carbocycles. The van der Waals surface area contributed by atoms with Crippen LogP contribution in [0.4, 0.5) is 28.4 Å². The molecule has 5 rings (SSSR count). The fraction of sp³-hybridized carbons (Fsp3) is 0.0714. The molecule has 57 heavy (non-hydrogen) atoms. The molecule has 0 aliphatic heterocycles. The summed E-state index contributed by atoms with van der Waals surface area (Å²) in [6.07, 6.45) is 0. The molecular formula is C28H21CuN5O18S5. The summed E-state index contributed by atoms with van der Waals surface area (Å²) in [5.41, 5.74) is 2.23. The second-order valence-electron chi connectivity index (χ2n) is 11.1. The van der Waals surface area contributed by atoms with Crippen LogP contribution < -0.4 is 15.9 Å². The Kier molecular flexibility index (Phi) is 12.4. The zero-order valence-corrected chi connectivity index (χ0v) is 32.3. The molecule has 23 nitrogen and oxygen atoms in total. The van der Waals surface area contributed by atoms with E-state index in [1.165, 1.54) is 0 Å². The van der Waals surface area contributed by atoms with Gasteiger partial charge in [-0.1, -0.05) is 17.6 Å². The van der Waals surface area contributed by atoms with Crippen LogP contribution in [0.25, 0.3) is 21.5 Å². The van der Waals surface area contributed by atoms with E-state index in [1.807, 2.05) is 0 Å². The SMILES string of the molecule is Nc1cc(S(=O)(=O)[O-])cc2cc(S(=O)(=O)[O-])c(N=Nc3ccc4c([O-])c(N=Nc5ccc(S(=O)(=O)CCOS(=O)(=O)[O-])cc5[O-])c(S(=O)(=O)[O-])cc4c3)c(O)c12.[Cu+2].[H+].[H+].[H+].[H+]. The van der Waals surface area contributed by atoms with Crippen molar-refractivity contribution in [1.82, 2.24) is 0 Å². The first-order valence-electron chi connectivity index (χ1n) is 14.4. The van der Waals surface area contributed by atoms with E-state index in [-0.39, 0.29) is 39.2 Å². The Morgan fingerprint density at radius 2 is 1.26 bits per heavy atom. The van der Waals surface area contributed by atoms with E-state index < -0.39 is 133 Å². The molecule has 0 unspecified atom stereocenters. The summed E-state index contributed by atoms with van der Waals surface area (Å²) in [5.74, 6) is -4.48. The molecule has 3 N–H and O–H groups in total. The molecule has 0 amide bonds. The number of aromatic hydroxyl groups is 1. The van der Waals surface area contributed by atoms with E-state index in [0.717, 1.165) is 30.3 Å². The monoisotopic (exact) mass is 938 g/mol. The van der Waals surface area contributed by atoms with Crippen molar-refractivity contribution in [2.75, 3.05) is 18.1 Å². The normalized spacial score (nSPS) is 13.1. The smallest absolute Gasteiger partial charge is 0.871 e. The molecular weight excluding hydrogens is 918 g/mol. The van der Waals surface area contributed by atoms with Crippen LogP contribution >= 0.6 is 0 Å². The Morgan fingerprint density at radius 3 is 1.84 bits per heavy atom. The number of phenolic OH excluding ortho intramolecular Hbond substituents is 1. The number of hydrogen-bond acceptors (Lipinski definition) is 23. The maximum absolute atomic E-state index is 13.3. The van der Waals surface area contributed by atoms with E-state index in [9.17, 15) is 75.6 Å². The maximum Gasteiger partial charge on any atom is 2.00 e. The average molecular weight is 939 g/mol. The molecule has 29 heteroatoms. The Labute approximate surface area is 337 Å². The van der Waals surface area contributed by atoms with Gasteiger partial charge in [0, 0.05) is 11.1 Å². The number of azo groups is 2. The van der Waals surface area contributed by atoms with Crippen LogP contribution in [-0.2, 0) is 71.8 Å². The molecule has 0 spiro atoms. The van der Waals surface area contributed by atoms with Gasteiger partial charge in [0.15, 0.2) is 15.6 Å². The first kappa shape index (κ1) is 44.8. The number of benzene rings is 5. The summed E-state index contributed by atoms with van der Waals surface area (Å²) < 4.78 is 168. The maximum atomic E-state index is 13.3. The van der Waals surface area contributed by atoms with Crippen molar-refractivity contribution in [2.45, 2.75) is 19.6 Å². The van der Waals surface area contributed by atoms with Crippen LogP contribution in [-0.4, -0.2) is 77.8 Å². The first-order chi connectivity index (χ1) is 25.7. The van der Waals surface area contributed by atoms with E-state index in [1.54, 1.807) is 0 Å². The quantitative estimate of drug-likeness (QED) is 0.0590. The van der Waals surface area contributed by atoms with Gasteiger partial charge in [-0.15, -0.1) is 10.2 Å². The molecule has 0 bridgehead atoms. The molecule has 0 aliphatic carbocycles. The predicted molar refractivity (Wildman–Crippen MR) is 184 cm³/mol. The number of hydrogen-bond donors (Lipinski definition) is 2. The summed E-state index contributed by atoms with van der Waals surface area (Å²) in [7, 11) is -25.7. The third kappa shape index (κ3) is 9.98. The van der Waals surface area contributed by atoms with Crippen LogP contribution in [0.2, 0.25) is 0 Å². The zero-order chi connectivity index (χ0) is 41.8. The summed E-state index contributed by atoms with van der Waals surface area (Å²) in [6, 6.07) is 7.72. The largest absolute Gasteiger partial charge is 2.00 e. The van der Waals surface area contributed by atoms with Crippen molar-refractivity contribution in [3.8, 4) is 17.2 Å². The van der Waals surface area contributed by atoms with Gasteiger partial charge in [-0.2, -0.15) is 10.2 Å². The van der Waals surface area contributed by atoms with Crippen LogP contribution in [0.3, 0.4) is 0 Å². The van der Waals surface area contributed by atoms with Crippen molar-refractivity contribution in [1.29, 1.82) is 0 Å². The van der Waals surface area contributed by atoms with Gasteiger partial charge in [0.1, 0.15) is 36.0 Å². The number of nitrogen functional groups attached to an aromatic ring is 1. The van der Waals surface area contributed by atoms with Gasteiger partial charge in [-0.3, -0.25) is 4.18 Å². The molecule has 0 fully saturated rings. The van der Waals surface area contributed by atoms with E-state index in [4.69, 9.17) is 5.73 Å². The second-order valence-corrected chi connectivity index (χ2v) is 18.3. The minimum Gasteiger partial charge on any atom is -0.871 e. The average Bonchev–Trinajstić information content (AvgIpc) is 3.05. The second kappa shape index (κ2) is 15.8.